The largest absolute Gasteiger partial charge is 0.347 e. The SMILES string of the molecule is CN(C)C(=O)C1CNCCN1c1snc2ccccc12. The van der Waals surface area contributed by atoms with Crippen LogP contribution < -0.4 is 10.2 Å². The van der Waals surface area contributed by atoms with Crippen LogP contribution in [0.15, 0.2) is 24.3 Å². The summed E-state index contributed by atoms with van der Waals surface area (Å²) >= 11 is 1.48. The fourth-order valence-corrected chi connectivity index (χ4v) is 3.49. The van der Waals surface area contributed by atoms with Crippen LogP contribution in [-0.2, 0) is 4.79 Å². The van der Waals surface area contributed by atoms with Gasteiger partial charge in [-0.05, 0) is 23.7 Å². The summed E-state index contributed by atoms with van der Waals surface area (Å²) in [5.41, 5.74) is 1.00. The average Bonchev–Trinajstić information content (AvgIpc) is 2.90. The van der Waals surface area contributed by atoms with Gasteiger partial charge in [-0.15, -0.1) is 0 Å². The summed E-state index contributed by atoms with van der Waals surface area (Å²) in [5.74, 6) is 0.134. The highest BCUT2D eigenvalue weighted by atomic mass is 32.1. The van der Waals surface area contributed by atoms with Gasteiger partial charge < -0.3 is 15.1 Å². The molecule has 1 aliphatic heterocycles. The van der Waals surface area contributed by atoms with Gasteiger partial charge in [0.05, 0.1) is 5.52 Å². The molecule has 1 aromatic heterocycles. The Balaban J connectivity index is 1.99. The van der Waals surface area contributed by atoms with Crippen LogP contribution in [0.1, 0.15) is 0 Å². The van der Waals surface area contributed by atoms with E-state index < -0.39 is 0 Å². The second kappa shape index (κ2) is 5.38. The van der Waals surface area contributed by atoms with E-state index in [1.54, 1.807) is 19.0 Å². The third-order valence-electron chi connectivity index (χ3n) is 3.60. The van der Waals surface area contributed by atoms with Gasteiger partial charge in [0, 0.05) is 39.1 Å². The zero-order valence-corrected chi connectivity index (χ0v) is 12.5. The number of hydrogen-bond acceptors (Lipinski definition) is 5. The first-order chi connectivity index (χ1) is 9.68. The molecule has 0 bridgehead atoms. The summed E-state index contributed by atoms with van der Waals surface area (Å²) in [6.45, 7) is 2.41. The Morgan fingerprint density at radius 2 is 2.25 bits per heavy atom. The van der Waals surface area contributed by atoms with Gasteiger partial charge >= 0.3 is 0 Å². The van der Waals surface area contributed by atoms with Gasteiger partial charge in [-0.25, -0.2) is 0 Å². The molecule has 6 heteroatoms. The molecule has 1 fully saturated rings. The van der Waals surface area contributed by atoms with Crippen molar-refractivity contribution in [2.75, 3.05) is 38.6 Å². The quantitative estimate of drug-likeness (QED) is 0.902. The Morgan fingerprint density at radius 3 is 3.05 bits per heavy atom. The first-order valence-electron chi connectivity index (χ1n) is 6.71. The smallest absolute Gasteiger partial charge is 0.246 e. The average molecular weight is 290 g/mol. The van der Waals surface area contributed by atoms with E-state index in [1.807, 2.05) is 18.2 Å². The number of carbonyl (C=O) groups is 1. The minimum Gasteiger partial charge on any atom is -0.347 e. The molecule has 5 nitrogen and oxygen atoms in total. The van der Waals surface area contributed by atoms with Crippen molar-refractivity contribution in [2.45, 2.75) is 6.04 Å². The molecule has 1 saturated heterocycles. The number of likely N-dealkylation sites (N-methyl/N-ethyl adjacent to an activating group) is 1. The summed E-state index contributed by atoms with van der Waals surface area (Å²) in [4.78, 5) is 16.2. The molecule has 20 heavy (non-hydrogen) atoms. The molecule has 0 saturated carbocycles. The highest BCUT2D eigenvalue weighted by Gasteiger charge is 2.31. The van der Waals surface area contributed by atoms with Gasteiger partial charge in [-0.3, -0.25) is 4.79 Å². The fraction of sp³-hybridized carbons (Fsp3) is 0.429. The summed E-state index contributed by atoms with van der Waals surface area (Å²) in [6.07, 6.45) is 0. The fourth-order valence-electron chi connectivity index (χ4n) is 2.55. The predicted octanol–water partition coefficient (Wildman–Crippen LogP) is 1.16. The van der Waals surface area contributed by atoms with Gasteiger partial charge in [0.2, 0.25) is 5.91 Å². The molecule has 1 aromatic carbocycles. The minimum absolute atomic E-state index is 0.134. The first kappa shape index (κ1) is 13.3. The van der Waals surface area contributed by atoms with E-state index in [0.717, 1.165) is 29.0 Å². The standard InChI is InChI=1S/C14H18N4OS/c1-17(2)13(19)12-9-15-7-8-18(12)14-10-5-3-4-6-11(10)16-20-14/h3-6,12,15H,7-9H2,1-2H3. The number of piperazine rings is 1. The van der Waals surface area contributed by atoms with Crippen LogP contribution in [0.5, 0.6) is 0 Å². The van der Waals surface area contributed by atoms with Crippen molar-refractivity contribution in [1.29, 1.82) is 0 Å². The van der Waals surface area contributed by atoms with Crippen molar-refractivity contribution in [1.82, 2.24) is 14.6 Å². The molecule has 2 aromatic rings. The third-order valence-corrected chi connectivity index (χ3v) is 4.51. The third kappa shape index (κ3) is 2.25. The Hall–Kier alpha value is -1.66. The number of hydrogen-bond donors (Lipinski definition) is 1. The Bertz CT molecular complexity index is 624. The monoisotopic (exact) mass is 290 g/mol. The lowest BCUT2D eigenvalue weighted by Gasteiger charge is -2.37. The normalized spacial score (nSPS) is 19.3. The maximum absolute atomic E-state index is 12.4. The van der Waals surface area contributed by atoms with Crippen molar-refractivity contribution in [2.24, 2.45) is 0 Å². The molecule has 1 amide bonds. The number of aromatic nitrogens is 1. The van der Waals surface area contributed by atoms with Gasteiger partial charge in [0.1, 0.15) is 11.0 Å². The maximum Gasteiger partial charge on any atom is 0.246 e. The zero-order valence-electron chi connectivity index (χ0n) is 11.7. The van der Waals surface area contributed by atoms with E-state index >= 15 is 0 Å². The zero-order chi connectivity index (χ0) is 14.1. The van der Waals surface area contributed by atoms with Crippen LogP contribution in [0.4, 0.5) is 5.00 Å². The van der Waals surface area contributed by atoms with Gasteiger partial charge in [0.15, 0.2) is 0 Å². The van der Waals surface area contributed by atoms with E-state index in [2.05, 4.69) is 20.7 Å². The van der Waals surface area contributed by atoms with Gasteiger partial charge in [0.25, 0.3) is 0 Å². The van der Waals surface area contributed by atoms with Gasteiger partial charge in [-0.1, -0.05) is 12.1 Å². The molecule has 2 heterocycles. The van der Waals surface area contributed by atoms with Crippen molar-refractivity contribution in [3.8, 4) is 0 Å². The number of anilines is 1. The van der Waals surface area contributed by atoms with Crippen LogP contribution in [0.2, 0.25) is 0 Å². The van der Waals surface area contributed by atoms with E-state index in [-0.39, 0.29) is 11.9 Å². The number of carbonyl (C=O) groups excluding carboxylic acids is 1. The molecular formula is C14H18N4OS. The molecule has 0 aliphatic carbocycles. The van der Waals surface area contributed by atoms with Crippen molar-refractivity contribution >= 4 is 33.3 Å². The van der Waals surface area contributed by atoms with E-state index in [1.165, 1.54) is 11.5 Å². The van der Waals surface area contributed by atoms with Crippen LogP contribution >= 0.6 is 11.5 Å². The molecule has 0 radical (unpaired) electrons. The molecule has 1 aliphatic rings. The molecule has 1 N–H and O–H groups in total. The second-order valence-corrected chi connectivity index (χ2v) is 5.90. The number of rotatable bonds is 2. The highest BCUT2D eigenvalue weighted by molar-refractivity contribution is 7.11. The molecule has 106 valence electrons. The second-order valence-electron chi connectivity index (χ2n) is 5.15. The number of nitrogens with zero attached hydrogens (tertiary/aromatic N) is 3. The number of nitrogens with one attached hydrogen (secondary N) is 1. The lowest BCUT2D eigenvalue weighted by molar-refractivity contribution is -0.130. The number of amides is 1. The predicted molar refractivity (Wildman–Crippen MR) is 82.3 cm³/mol. The Morgan fingerprint density at radius 1 is 1.45 bits per heavy atom. The van der Waals surface area contributed by atoms with Crippen LogP contribution in [0.25, 0.3) is 10.9 Å². The topological polar surface area (TPSA) is 48.5 Å². The Labute approximate surface area is 122 Å². The first-order valence-corrected chi connectivity index (χ1v) is 7.49. The van der Waals surface area contributed by atoms with Crippen molar-refractivity contribution in [3.05, 3.63) is 24.3 Å². The highest BCUT2D eigenvalue weighted by Crippen LogP contribution is 2.32. The maximum atomic E-state index is 12.4. The van der Waals surface area contributed by atoms with Gasteiger partial charge in [-0.2, -0.15) is 4.37 Å². The van der Waals surface area contributed by atoms with Crippen LogP contribution in [-0.4, -0.2) is 55.0 Å². The van der Waals surface area contributed by atoms with Crippen molar-refractivity contribution < 1.29 is 4.79 Å². The molecule has 1 unspecified atom stereocenters. The lowest BCUT2D eigenvalue weighted by Crippen LogP contribution is -2.57. The lowest BCUT2D eigenvalue weighted by atomic mass is 10.1. The number of fused-ring (bicyclic) bond motifs is 1. The number of benzene rings is 1. The minimum atomic E-state index is -0.150. The molecular weight excluding hydrogens is 272 g/mol. The molecule has 1 atom stereocenters. The Kier molecular flexibility index (Phi) is 3.58. The van der Waals surface area contributed by atoms with Crippen molar-refractivity contribution in [3.63, 3.8) is 0 Å². The van der Waals surface area contributed by atoms with E-state index in [4.69, 9.17) is 0 Å². The summed E-state index contributed by atoms with van der Waals surface area (Å²) in [7, 11) is 3.61. The molecule has 0 spiro atoms. The van der Waals surface area contributed by atoms with E-state index in [9.17, 15) is 4.79 Å². The summed E-state index contributed by atoms with van der Waals surface area (Å²) in [6, 6.07) is 7.95. The van der Waals surface area contributed by atoms with E-state index in [0.29, 0.717) is 6.54 Å². The van der Waals surface area contributed by atoms with Crippen LogP contribution in [0, 0.1) is 0 Å². The van der Waals surface area contributed by atoms with Crippen LogP contribution in [0.3, 0.4) is 0 Å². The summed E-state index contributed by atoms with van der Waals surface area (Å²) < 4.78 is 4.49. The summed E-state index contributed by atoms with van der Waals surface area (Å²) in [5, 5.41) is 5.54. The molecule has 3 rings (SSSR count).